The maximum atomic E-state index is 13.9. The van der Waals surface area contributed by atoms with E-state index in [9.17, 15) is 8.78 Å². The molecule has 2 aliphatic rings. The summed E-state index contributed by atoms with van der Waals surface area (Å²) in [5.74, 6) is 4.33. The maximum absolute atomic E-state index is 13.9. The van der Waals surface area contributed by atoms with Crippen LogP contribution in [0, 0.1) is 41.4 Å². The number of hydrogen-bond acceptors (Lipinski definition) is 0. The van der Waals surface area contributed by atoms with Gasteiger partial charge in [0.05, 0.1) is 12.8 Å². The van der Waals surface area contributed by atoms with E-state index in [0.717, 1.165) is 49.9 Å². The molecule has 0 aromatic carbocycles. The minimum absolute atomic E-state index is 0.121. The summed E-state index contributed by atoms with van der Waals surface area (Å²) in [6.07, 6.45) is 10.3. The van der Waals surface area contributed by atoms with Gasteiger partial charge in [0, 0.05) is 5.92 Å². The molecule has 2 heteroatoms. The Morgan fingerprint density at radius 1 is 1.12 bits per heavy atom. The zero-order valence-corrected chi connectivity index (χ0v) is 17.8. The summed E-state index contributed by atoms with van der Waals surface area (Å²) in [6, 6.07) is 0. The Morgan fingerprint density at radius 2 is 1.85 bits per heavy atom. The largest absolute Gasteiger partial charge is 0.250 e. The second-order valence-corrected chi connectivity index (χ2v) is 9.26. The number of rotatable bonds is 12. The molecule has 3 unspecified atom stereocenters. The van der Waals surface area contributed by atoms with Gasteiger partial charge in [-0.3, -0.25) is 4.39 Å². The number of fused-ring (bicyclic) bond motifs is 1. The van der Waals surface area contributed by atoms with Gasteiger partial charge in [-0.15, -0.1) is 0 Å². The van der Waals surface area contributed by atoms with Gasteiger partial charge >= 0.3 is 0 Å². The molecule has 0 amide bonds. The highest BCUT2D eigenvalue weighted by Gasteiger charge is 2.48. The minimum Gasteiger partial charge on any atom is -0.250 e. The van der Waals surface area contributed by atoms with Crippen LogP contribution in [0.5, 0.6) is 0 Å². The van der Waals surface area contributed by atoms with E-state index in [-0.39, 0.29) is 12.6 Å². The Bertz CT molecular complexity index is 437. The Balaban J connectivity index is 1.96. The lowest BCUT2D eigenvalue weighted by Crippen LogP contribution is -2.25. The summed E-state index contributed by atoms with van der Waals surface area (Å²) in [4.78, 5) is 0. The smallest absolute Gasteiger partial charge is 0.0973 e. The molecule has 152 valence electrons. The van der Waals surface area contributed by atoms with Gasteiger partial charge < -0.3 is 0 Å². The summed E-state index contributed by atoms with van der Waals surface area (Å²) in [5.41, 5.74) is 1.41. The molecule has 2 rings (SSSR count). The first kappa shape index (κ1) is 21.9. The molecule has 0 heterocycles. The summed E-state index contributed by atoms with van der Waals surface area (Å²) in [5, 5.41) is 0. The molecule has 8 atom stereocenters. The number of alkyl halides is 2. The van der Waals surface area contributed by atoms with E-state index in [2.05, 4.69) is 33.8 Å². The SMILES string of the molecule is CC[C@@H](CCC(C)F)[C@H](CC)C(C)C[C@H](CF)C1=CC2[C@@H](CC)[C@H]2CC1. The van der Waals surface area contributed by atoms with Gasteiger partial charge in [0.15, 0.2) is 0 Å². The Morgan fingerprint density at radius 3 is 2.38 bits per heavy atom. The van der Waals surface area contributed by atoms with Gasteiger partial charge in [-0.25, -0.2) is 4.39 Å². The molecule has 1 fully saturated rings. The van der Waals surface area contributed by atoms with Crippen molar-refractivity contribution >= 4 is 0 Å². The van der Waals surface area contributed by atoms with Gasteiger partial charge in [-0.1, -0.05) is 58.6 Å². The lowest BCUT2D eigenvalue weighted by Gasteiger charge is -2.33. The molecular weight excluding hydrogens is 326 g/mol. The topological polar surface area (TPSA) is 0 Å². The fourth-order valence-corrected chi connectivity index (χ4v) is 6.01. The standard InChI is InChI=1S/C24H42F2/c1-6-18(10-9-17(5)26)21(7-2)16(4)13-20(15-25)19-11-12-23-22(8-3)24(23)14-19/h14,16-18,20-24H,6-13,15H2,1-5H3/t16?,17?,18-,20+,21+,22-,23+,24?/m0/s1. The normalized spacial score (nSPS) is 30.7. The molecule has 0 spiro atoms. The molecule has 0 aromatic rings. The second kappa shape index (κ2) is 10.2. The molecule has 0 aliphatic heterocycles. The fraction of sp³-hybridized carbons (Fsp3) is 0.917. The van der Waals surface area contributed by atoms with Crippen LogP contribution in [0.4, 0.5) is 8.78 Å². The first-order valence-corrected chi connectivity index (χ1v) is 11.4. The predicted octanol–water partition coefficient (Wildman–Crippen LogP) is 7.78. The van der Waals surface area contributed by atoms with E-state index < -0.39 is 6.17 Å². The van der Waals surface area contributed by atoms with Crippen molar-refractivity contribution in [3.63, 3.8) is 0 Å². The van der Waals surface area contributed by atoms with E-state index in [1.165, 1.54) is 18.4 Å². The summed E-state index contributed by atoms with van der Waals surface area (Å²) in [7, 11) is 0. The van der Waals surface area contributed by atoms with E-state index in [4.69, 9.17) is 0 Å². The minimum atomic E-state index is -0.708. The van der Waals surface area contributed by atoms with Gasteiger partial charge in [0.1, 0.15) is 0 Å². The number of allylic oxidation sites excluding steroid dienone is 2. The molecule has 0 saturated heterocycles. The Hall–Kier alpha value is -0.400. The summed E-state index contributed by atoms with van der Waals surface area (Å²) < 4.78 is 27.3. The van der Waals surface area contributed by atoms with Crippen molar-refractivity contribution in [2.45, 2.75) is 92.2 Å². The van der Waals surface area contributed by atoms with Crippen LogP contribution in [0.1, 0.15) is 86.0 Å². The third-order valence-corrected chi connectivity index (χ3v) is 7.68. The van der Waals surface area contributed by atoms with E-state index in [0.29, 0.717) is 24.2 Å². The van der Waals surface area contributed by atoms with Crippen molar-refractivity contribution in [3.05, 3.63) is 11.6 Å². The molecular formula is C24H42F2. The highest BCUT2D eigenvalue weighted by Crippen LogP contribution is 2.56. The second-order valence-electron chi connectivity index (χ2n) is 9.26. The number of hydrogen-bond donors (Lipinski definition) is 0. The van der Waals surface area contributed by atoms with Crippen LogP contribution in [-0.2, 0) is 0 Å². The quantitative estimate of drug-likeness (QED) is 0.308. The Labute approximate surface area is 161 Å². The monoisotopic (exact) mass is 368 g/mol. The van der Waals surface area contributed by atoms with Gasteiger partial charge in [-0.2, -0.15) is 0 Å². The molecule has 0 nitrogen and oxygen atoms in total. The third-order valence-electron chi connectivity index (χ3n) is 7.68. The van der Waals surface area contributed by atoms with Crippen molar-refractivity contribution < 1.29 is 8.78 Å². The van der Waals surface area contributed by atoms with Crippen LogP contribution in [0.2, 0.25) is 0 Å². The predicted molar refractivity (Wildman–Crippen MR) is 109 cm³/mol. The van der Waals surface area contributed by atoms with Crippen LogP contribution < -0.4 is 0 Å². The maximum Gasteiger partial charge on any atom is 0.0973 e. The van der Waals surface area contributed by atoms with Crippen molar-refractivity contribution in [2.75, 3.05) is 6.67 Å². The average Bonchev–Trinajstić information content (AvgIpc) is 3.34. The van der Waals surface area contributed by atoms with E-state index in [1.54, 1.807) is 6.92 Å². The first-order chi connectivity index (χ1) is 12.5. The average molecular weight is 369 g/mol. The van der Waals surface area contributed by atoms with Crippen LogP contribution in [0.25, 0.3) is 0 Å². The zero-order valence-electron chi connectivity index (χ0n) is 17.8. The van der Waals surface area contributed by atoms with Crippen LogP contribution >= 0.6 is 0 Å². The summed E-state index contributed by atoms with van der Waals surface area (Å²) in [6.45, 7) is 10.6. The molecule has 1 saturated carbocycles. The fourth-order valence-electron chi connectivity index (χ4n) is 6.01. The van der Waals surface area contributed by atoms with E-state index in [1.807, 2.05) is 0 Å². The molecule has 0 aromatic heterocycles. The van der Waals surface area contributed by atoms with Crippen molar-refractivity contribution in [1.82, 2.24) is 0 Å². The summed E-state index contributed by atoms with van der Waals surface area (Å²) >= 11 is 0. The van der Waals surface area contributed by atoms with Crippen LogP contribution in [-0.4, -0.2) is 12.8 Å². The molecule has 26 heavy (non-hydrogen) atoms. The van der Waals surface area contributed by atoms with Gasteiger partial charge in [0.25, 0.3) is 0 Å². The zero-order chi connectivity index (χ0) is 19.3. The highest BCUT2D eigenvalue weighted by atomic mass is 19.1. The van der Waals surface area contributed by atoms with Crippen LogP contribution in [0.15, 0.2) is 11.6 Å². The van der Waals surface area contributed by atoms with Crippen LogP contribution in [0.3, 0.4) is 0 Å². The molecule has 0 radical (unpaired) electrons. The molecule has 2 aliphatic carbocycles. The van der Waals surface area contributed by atoms with Gasteiger partial charge in [-0.05, 0) is 74.5 Å². The lowest BCUT2D eigenvalue weighted by atomic mass is 9.72. The van der Waals surface area contributed by atoms with Crippen molar-refractivity contribution in [3.8, 4) is 0 Å². The highest BCUT2D eigenvalue weighted by molar-refractivity contribution is 5.21. The molecule has 0 bridgehead atoms. The Kier molecular flexibility index (Phi) is 8.61. The number of halogens is 2. The van der Waals surface area contributed by atoms with E-state index >= 15 is 0 Å². The third kappa shape index (κ3) is 5.32. The molecule has 0 N–H and O–H groups in total. The van der Waals surface area contributed by atoms with Gasteiger partial charge in [0.2, 0.25) is 0 Å². The first-order valence-electron chi connectivity index (χ1n) is 11.4. The van der Waals surface area contributed by atoms with Crippen molar-refractivity contribution in [2.24, 2.45) is 41.4 Å². The lowest BCUT2D eigenvalue weighted by molar-refractivity contribution is 0.169. The van der Waals surface area contributed by atoms with Crippen molar-refractivity contribution in [1.29, 1.82) is 0 Å².